The number of aromatic nitrogens is 1. The molecule has 0 aliphatic heterocycles. The second-order valence-corrected chi connectivity index (χ2v) is 6.10. The molecule has 5 heteroatoms. The second kappa shape index (κ2) is 6.38. The van der Waals surface area contributed by atoms with Gasteiger partial charge in [0.25, 0.3) is 0 Å². The maximum Gasteiger partial charge on any atom is 0.230 e. The van der Waals surface area contributed by atoms with Crippen molar-refractivity contribution in [3.05, 3.63) is 4.88 Å². The molecule has 1 aromatic rings. The topological polar surface area (TPSA) is 37.4 Å². The van der Waals surface area contributed by atoms with Gasteiger partial charge in [-0.1, -0.05) is 30.6 Å². The van der Waals surface area contributed by atoms with Gasteiger partial charge >= 0.3 is 0 Å². The van der Waals surface area contributed by atoms with E-state index in [4.69, 9.17) is 4.74 Å². The monoisotopic (exact) mass is 269 g/mol. The second-order valence-electron chi connectivity index (χ2n) is 5.04. The maximum atomic E-state index is 5.35. The fourth-order valence-corrected chi connectivity index (χ4v) is 3.24. The van der Waals surface area contributed by atoms with Gasteiger partial charge < -0.3 is 15.0 Å². The third-order valence-electron chi connectivity index (χ3n) is 3.38. The Hall–Kier alpha value is -0.810. The van der Waals surface area contributed by atoms with E-state index in [1.807, 2.05) is 19.0 Å². The summed E-state index contributed by atoms with van der Waals surface area (Å²) in [5, 5.41) is 4.64. The molecule has 0 saturated heterocycles. The van der Waals surface area contributed by atoms with E-state index in [9.17, 15) is 0 Å². The number of hydrogen-bond donors (Lipinski definition) is 1. The maximum absolute atomic E-state index is 5.35. The van der Waals surface area contributed by atoms with Crippen molar-refractivity contribution in [2.45, 2.75) is 44.7 Å². The van der Waals surface area contributed by atoms with Crippen LogP contribution >= 0.6 is 11.3 Å². The van der Waals surface area contributed by atoms with Crippen molar-refractivity contribution in [3.63, 3.8) is 0 Å². The first kappa shape index (κ1) is 13.6. The highest BCUT2D eigenvalue weighted by atomic mass is 32.1. The Morgan fingerprint density at radius 2 is 2.06 bits per heavy atom. The molecule has 0 bridgehead atoms. The number of hydrogen-bond acceptors (Lipinski definition) is 5. The fraction of sp³-hybridized carbons (Fsp3) is 0.769. The number of nitrogens with zero attached hydrogens (tertiary/aromatic N) is 2. The van der Waals surface area contributed by atoms with Crippen molar-refractivity contribution < 1.29 is 4.74 Å². The van der Waals surface area contributed by atoms with Crippen LogP contribution < -0.4 is 15.0 Å². The minimum absolute atomic E-state index is 0.674. The lowest BCUT2D eigenvalue weighted by Crippen LogP contribution is -2.30. The van der Waals surface area contributed by atoms with E-state index in [1.54, 1.807) is 18.4 Å². The van der Waals surface area contributed by atoms with Crippen LogP contribution in [0.25, 0.3) is 0 Å². The standard InChI is InChI=1S/C13H23N3OS/c1-16(2)13-15-12(17-3)11(18-13)9-14-10-7-5-4-6-8-10/h10,14H,4-9H2,1-3H3. The zero-order valence-corrected chi connectivity index (χ0v) is 12.3. The Bertz CT molecular complexity index is 372. The Labute approximate surface area is 113 Å². The van der Waals surface area contributed by atoms with E-state index in [0.29, 0.717) is 6.04 Å². The van der Waals surface area contributed by atoms with Crippen LogP contribution in [0.2, 0.25) is 0 Å². The molecule has 1 fully saturated rings. The van der Waals surface area contributed by atoms with Crippen molar-refractivity contribution in [1.29, 1.82) is 0 Å². The van der Waals surface area contributed by atoms with Gasteiger partial charge in [0.05, 0.1) is 12.0 Å². The predicted octanol–water partition coefficient (Wildman–Crippen LogP) is 2.64. The van der Waals surface area contributed by atoms with Gasteiger partial charge in [0.15, 0.2) is 5.13 Å². The summed E-state index contributed by atoms with van der Waals surface area (Å²) in [6.45, 7) is 0.874. The molecule has 0 radical (unpaired) electrons. The molecule has 0 aromatic carbocycles. The molecule has 0 unspecified atom stereocenters. The number of nitrogens with one attached hydrogen (secondary N) is 1. The fourth-order valence-electron chi connectivity index (χ4n) is 2.33. The molecule has 0 amide bonds. The van der Waals surface area contributed by atoms with Crippen LogP contribution in [0.4, 0.5) is 5.13 Å². The van der Waals surface area contributed by atoms with Gasteiger partial charge in [0.1, 0.15) is 0 Å². The molecular formula is C13H23N3OS. The molecular weight excluding hydrogens is 246 g/mol. The average Bonchev–Trinajstić information content (AvgIpc) is 2.81. The molecule has 1 N–H and O–H groups in total. The number of anilines is 1. The molecule has 102 valence electrons. The Morgan fingerprint density at radius 3 is 2.67 bits per heavy atom. The summed E-state index contributed by atoms with van der Waals surface area (Å²) in [7, 11) is 5.71. The summed E-state index contributed by atoms with van der Waals surface area (Å²) < 4.78 is 5.35. The summed E-state index contributed by atoms with van der Waals surface area (Å²) in [6.07, 6.45) is 6.73. The number of ether oxygens (including phenoxy) is 1. The number of methoxy groups -OCH3 is 1. The highest BCUT2D eigenvalue weighted by Crippen LogP contribution is 2.30. The van der Waals surface area contributed by atoms with E-state index in [2.05, 4.69) is 10.3 Å². The van der Waals surface area contributed by atoms with Gasteiger partial charge in [-0.15, -0.1) is 0 Å². The summed E-state index contributed by atoms with van der Waals surface area (Å²) in [5.41, 5.74) is 0. The largest absolute Gasteiger partial charge is 0.480 e. The van der Waals surface area contributed by atoms with Crippen LogP contribution in [0.1, 0.15) is 37.0 Å². The van der Waals surface area contributed by atoms with Crippen LogP contribution in [0.3, 0.4) is 0 Å². The SMILES string of the molecule is COc1nc(N(C)C)sc1CNC1CCCCC1. The van der Waals surface area contributed by atoms with Crippen molar-refractivity contribution in [3.8, 4) is 5.88 Å². The van der Waals surface area contributed by atoms with Crippen LogP contribution in [0, 0.1) is 0 Å². The highest BCUT2D eigenvalue weighted by molar-refractivity contribution is 7.15. The zero-order chi connectivity index (χ0) is 13.0. The lowest BCUT2D eigenvalue weighted by molar-refractivity contribution is 0.364. The van der Waals surface area contributed by atoms with Gasteiger partial charge in [-0.2, -0.15) is 4.98 Å². The van der Waals surface area contributed by atoms with Crippen molar-refractivity contribution in [2.75, 3.05) is 26.1 Å². The first-order valence-corrected chi connectivity index (χ1v) is 7.46. The average molecular weight is 269 g/mol. The molecule has 0 atom stereocenters. The van der Waals surface area contributed by atoms with Crippen molar-refractivity contribution in [1.82, 2.24) is 10.3 Å². The van der Waals surface area contributed by atoms with E-state index in [0.717, 1.165) is 17.6 Å². The third kappa shape index (κ3) is 3.36. The molecule has 1 aromatic heterocycles. The highest BCUT2D eigenvalue weighted by Gasteiger charge is 2.16. The van der Waals surface area contributed by atoms with E-state index >= 15 is 0 Å². The van der Waals surface area contributed by atoms with Crippen molar-refractivity contribution >= 4 is 16.5 Å². The molecule has 0 spiro atoms. The summed E-state index contributed by atoms with van der Waals surface area (Å²) >= 11 is 1.71. The molecule has 4 nitrogen and oxygen atoms in total. The van der Waals surface area contributed by atoms with Gasteiger partial charge in [-0.3, -0.25) is 0 Å². The van der Waals surface area contributed by atoms with Gasteiger partial charge in [-0.25, -0.2) is 0 Å². The Kier molecular flexibility index (Phi) is 4.83. The van der Waals surface area contributed by atoms with E-state index < -0.39 is 0 Å². The molecule has 1 aliphatic carbocycles. The summed E-state index contributed by atoms with van der Waals surface area (Å²) in [4.78, 5) is 7.70. The Morgan fingerprint density at radius 1 is 1.33 bits per heavy atom. The molecule has 1 saturated carbocycles. The van der Waals surface area contributed by atoms with E-state index in [-0.39, 0.29) is 0 Å². The first-order valence-electron chi connectivity index (χ1n) is 6.65. The van der Waals surface area contributed by atoms with Crippen LogP contribution in [-0.2, 0) is 6.54 Å². The minimum Gasteiger partial charge on any atom is -0.480 e. The van der Waals surface area contributed by atoms with Crippen LogP contribution in [-0.4, -0.2) is 32.2 Å². The van der Waals surface area contributed by atoms with Crippen LogP contribution in [0.5, 0.6) is 5.88 Å². The summed E-state index contributed by atoms with van der Waals surface area (Å²) in [6, 6.07) is 0.674. The smallest absolute Gasteiger partial charge is 0.230 e. The first-order chi connectivity index (χ1) is 8.70. The van der Waals surface area contributed by atoms with Crippen molar-refractivity contribution in [2.24, 2.45) is 0 Å². The van der Waals surface area contributed by atoms with E-state index in [1.165, 1.54) is 37.0 Å². The quantitative estimate of drug-likeness (QED) is 0.891. The zero-order valence-electron chi connectivity index (χ0n) is 11.5. The molecule has 1 heterocycles. The van der Waals surface area contributed by atoms with Gasteiger partial charge in [-0.05, 0) is 12.8 Å². The van der Waals surface area contributed by atoms with Gasteiger partial charge in [0, 0.05) is 26.7 Å². The third-order valence-corrected chi connectivity index (χ3v) is 4.59. The van der Waals surface area contributed by atoms with Crippen LogP contribution in [0.15, 0.2) is 0 Å². The molecule has 1 aliphatic rings. The minimum atomic E-state index is 0.674. The molecule has 2 rings (SSSR count). The molecule has 18 heavy (non-hydrogen) atoms. The van der Waals surface area contributed by atoms with Gasteiger partial charge in [0.2, 0.25) is 5.88 Å². The Balaban J connectivity index is 1.94. The summed E-state index contributed by atoms with van der Waals surface area (Å²) in [5.74, 6) is 0.770. The number of thiazole rings is 1. The normalized spacial score (nSPS) is 16.8. The predicted molar refractivity (Wildman–Crippen MR) is 76.7 cm³/mol. The lowest BCUT2D eigenvalue weighted by Gasteiger charge is -2.22. The lowest BCUT2D eigenvalue weighted by atomic mass is 9.95. The number of rotatable bonds is 5.